The number of carbonyl (C=O) groups is 1. The van der Waals surface area contributed by atoms with E-state index in [0.29, 0.717) is 55.1 Å². The molecule has 0 unspecified atom stereocenters. The highest BCUT2D eigenvalue weighted by Gasteiger charge is 2.13. The van der Waals surface area contributed by atoms with Crippen molar-refractivity contribution in [3.63, 3.8) is 0 Å². The number of carbonyl (C=O) groups excluding carboxylic acids is 1. The minimum atomic E-state index is -0.301. The summed E-state index contributed by atoms with van der Waals surface area (Å²) in [7, 11) is 6.45. The second-order valence-electron chi connectivity index (χ2n) is 7.32. The molecule has 0 aliphatic heterocycles. The predicted octanol–water partition coefficient (Wildman–Crippen LogP) is 3.70. The van der Waals surface area contributed by atoms with Crippen LogP contribution in [0.3, 0.4) is 0 Å². The van der Waals surface area contributed by atoms with Gasteiger partial charge in [-0.3, -0.25) is 4.79 Å². The molecular formula is C25H33ClN2O6. The Morgan fingerprint density at radius 2 is 1.56 bits per heavy atom. The van der Waals surface area contributed by atoms with Crippen molar-refractivity contribution in [3.05, 3.63) is 52.1 Å². The molecular weight excluding hydrogens is 460 g/mol. The van der Waals surface area contributed by atoms with Gasteiger partial charge in [-0.25, -0.2) is 0 Å². The zero-order chi connectivity index (χ0) is 24.9. The van der Waals surface area contributed by atoms with E-state index in [1.54, 1.807) is 34.5 Å². The van der Waals surface area contributed by atoms with Crippen molar-refractivity contribution in [1.29, 1.82) is 0 Å². The highest BCUT2D eigenvalue weighted by molar-refractivity contribution is 6.30. The smallest absolute Gasteiger partial charge is 0.302 e. The minimum absolute atomic E-state index is 0.301. The van der Waals surface area contributed by atoms with Crippen molar-refractivity contribution < 1.29 is 28.5 Å². The number of esters is 1. The average Bonchev–Trinajstić information content (AvgIpc) is 2.83. The fourth-order valence-corrected chi connectivity index (χ4v) is 3.50. The molecule has 0 spiro atoms. The number of rotatable bonds is 14. The van der Waals surface area contributed by atoms with Crippen molar-refractivity contribution in [2.24, 2.45) is 0 Å². The first-order valence-electron chi connectivity index (χ1n) is 10.8. The number of benzene rings is 2. The van der Waals surface area contributed by atoms with Gasteiger partial charge in [0.15, 0.2) is 0 Å². The van der Waals surface area contributed by atoms with Crippen LogP contribution in [-0.2, 0) is 16.1 Å². The molecule has 0 aliphatic carbocycles. The van der Waals surface area contributed by atoms with E-state index in [1.807, 2.05) is 30.3 Å². The van der Waals surface area contributed by atoms with Crippen molar-refractivity contribution in [3.8, 4) is 23.0 Å². The Labute approximate surface area is 206 Å². The van der Waals surface area contributed by atoms with E-state index in [4.69, 9.17) is 35.3 Å². The summed E-state index contributed by atoms with van der Waals surface area (Å²) in [4.78, 5) is 11.0. The maximum absolute atomic E-state index is 11.0. The molecule has 8 nitrogen and oxygen atoms in total. The van der Waals surface area contributed by atoms with Crippen LogP contribution in [0, 0.1) is 0 Å². The summed E-state index contributed by atoms with van der Waals surface area (Å²) in [5, 5.41) is 7.37. The summed E-state index contributed by atoms with van der Waals surface area (Å²) in [6.07, 6.45) is 2.03. The lowest BCUT2D eigenvalue weighted by molar-refractivity contribution is -0.140. The Balaban J connectivity index is 2.17. The number of nitrogens with one attached hydrogen (secondary N) is 2. The molecule has 0 bridgehead atoms. The molecule has 0 heterocycles. The van der Waals surface area contributed by atoms with Gasteiger partial charge in [0.1, 0.15) is 29.6 Å². The average molecular weight is 493 g/mol. The Morgan fingerprint density at radius 3 is 2.15 bits per heavy atom. The lowest BCUT2D eigenvalue weighted by atomic mass is 10.1. The summed E-state index contributed by atoms with van der Waals surface area (Å²) < 4.78 is 26.9. The monoisotopic (exact) mass is 492 g/mol. The first kappa shape index (κ1) is 27.3. The van der Waals surface area contributed by atoms with Gasteiger partial charge in [0.25, 0.3) is 0 Å². The molecule has 34 heavy (non-hydrogen) atoms. The quantitative estimate of drug-likeness (QED) is 0.305. The maximum Gasteiger partial charge on any atom is 0.302 e. The second kappa shape index (κ2) is 14.3. The van der Waals surface area contributed by atoms with E-state index in [9.17, 15) is 4.79 Å². The molecule has 0 amide bonds. The Morgan fingerprint density at radius 1 is 0.912 bits per heavy atom. The van der Waals surface area contributed by atoms with Gasteiger partial charge in [-0.2, -0.15) is 0 Å². The summed E-state index contributed by atoms with van der Waals surface area (Å²) in [5.41, 5.74) is 2.80. The molecule has 0 fully saturated rings. The number of hydrogen-bond donors (Lipinski definition) is 2. The number of halogens is 1. The third kappa shape index (κ3) is 8.44. The zero-order valence-corrected chi connectivity index (χ0v) is 21.1. The second-order valence-corrected chi connectivity index (χ2v) is 7.76. The first-order chi connectivity index (χ1) is 16.4. The fraction of sp³-hybridized carbons (Fsp3) is 0.400. The van der Waals surface area contributed by atoms with E-state index < -0.39 is 0 Å². The van der Waals surface area contributed by atoms with Crippen molar-refractivity contribution in [1.82, 2.24) is 10.6 Å². The van der Waals surface area contributed by atoms with Gasteiger partial charge >= 0.3 is 5.97 Å². The Bertz CT molecular complexity index is 955. The molecule has 2 aromatic rings. The number of ether oxygens (including phenoxy) is 5. The molecule has 0 atom stereocenters. The normalized spacial score (nSPS) is 11.2. The van der Waals surface area contributed by atoms with Gasteiger partial charge in [0.2, 0.25) is 0 Å². The van der Waals surface area contributed by atoms with Gasteiger partial charge in [-0.15, -0.1) is 0 Å². The number of methoxy groups -OCH3 is 4. The topological polar surface area (TPSA) is 87.3 Å². The van der Waals surface area contributed by atoms with E-state index >= 15 is 0 Å². The van der Waals surface area contributed by atoms with Crippen molar-refractivity contribution in [2.75, 3.05) is 54.7 Å². The zero-order valence-electron chi connectivity index (χ0n) is 20.3. The van der Waals surface area contributed by atoms with Gasteiger partial charge in [-0.05, 0) is 29.8 Å². The van der Waals surface area contributed by atoms with Gasteiger partial charge < -0.3 is 34.3 Å². The first-order valence-corrected chi connectivity index (χ1v) is 11.2. The molecule has 0 saturated heterocycles. The molecule has 186 valence electrons. The van der Waals surface area contributed by atoms with Crippen LogP contribution in [-0.4, -0.2) is 60.6 Å². The summed E-state index contributed by atoms with van der Waals surface area (Å²) in [5.74, 6) is 2.42. The molecule has 0 saturated carbocycles. The van der Waals surface area contributed by atoms with Gasteiger partial charge in [0.05, 0.1) is 34.0 Å². The van der Waals surface area contributed by atoms with E-state index in [1.165, 1.54) is 6.92 Å². The third-order valence-corrected chi connectivity index (χ3v) is 5.19. The highest BCUT2D eigenvalue weighted by Crippen LogP contribution is 2.34. The van der Waals surface area contributed by atoms with E-state index in [0.717, 1.165) is 22.4 Å². The summed E-state index contributed by atoms with van der Waals surface area (Å²) in [6, 6.07) is 9.12. The van der Waals surface area contributed by atoms with Gasteiger partial charge in [0, 0.05) is 55.8 Å². The van der Waals surface area contributed by atoms with Crippen molar-refractivity contribution in [2.45, 2.75) is 13.5 Å². The van der Waals surface area contributed by atoms with Crippen LogP contribution in [0.4, 0.5) is 0 Å². The van der Waals surface area contributed by atoms with Crippen LogP contribution >= 0.6 is 11.6 Å². The SMILES string of the molecule is COc1cc(OC)c(CNCC(=Cc2cc(Cl)ccc2OC)CNCCOC(C)=O)c(OC)c1. The van der Waals surface area contributed by atoms with E-state index in [2.05, 4.69) is 10.6 Å². The molecule has 0 aromatic heterocycles. The molecule has 9 heteroatoms. The molecule has 2 aromatic carbocycles. The fourth-order valence-electron chi connectivity index (χ4n) is 3.32. The van der Waals surface area contributed by atoms with Crippen LogP contribution in [0.2, 0.25) is 5.02 Å². The van der Waals surface area contributed by atoms with E-state index in [-0.39, 0.29) is 5.97 Å². The Hall–Kier alpha value is -2.94. The molecule has 2 N–H and O–H groups in total. The standard InChI is InChI=1S/C25H33ClN2O6/c1-17(29)34-9-8-27-14-18(10-19-11-20(26)6-7-23(19)31-3)15-28-16-22-24(32-4)12-21(30-2)13-25(22)33-5/h6-7,10-13,27-28H,8-9,14-16H2,1-5H3. The lowest BCUT2D eigenvalue weighted by Crippen LogP contribution is -2.27. The van der Waals surface area contributed by atoms with Crippen LogP contribution in [0.15, 0.2) is 35.9 Å². The summed E-state index contributed by atoms with van der Waals surface area (Å²) >= 11 is 6.21. The number of hydrogen-bond acceptors (Lipinski definition) is 8. The van der Waals surface area contributed by atoms with Crippen LogP contribution in [0.1, 0.15) is 18.1 Å². The summed E-state index contributed by atoms with van der Waals surface area (Å²) in [6.45, 7) is 3.87. The van der Waals surface area contributed by atoms with Crippen LogP contribution in [0.25, 0.3) is 6.08 Å². The molecule has 0 radical (unpaired) electrons. The third-order valence-electron chi connectivity index (χ3n) is 4.96. The van der Waals surface area contributed by atoms with Crippen LogP contribution in [0.5, 0.6) is 23.0 Å². The largest absolute Gasteiger partial charge is 0.496 e. The van der Waals surface area contributed by atoms with Gasteiger partial charge in [-0.1, -0.05) is 11.6 Å². The highest BCUT2D eigenvalue weighted by atomic mass is 35.5. The lowest BCUT2D eigenvalue weighted by Gasteiger charge is -2.17. The maximum atomic E-state index is 11.0. The van der Waals surface area contributed by atoms with Crippen LogP contribution < -0.4 is 29.6 Å². The predicted molar refractivity (Wildman–Crippen MR) is 133 cm³/mol. The Kier molecular flexibility index (Phi) is 11.5. The van der Waals surface area contributed by atoms with Crippen molar-refractivity contribution >= 4 is 23.6 Å². The molecule has 2 rings (SSSR count). The molecule has 0 aliphatic rings. The minimum Gasteiger partial charge on any atom is -0.496 e.